The molecule has 1 saturated heterocycles. The summed E-state index contributed by atoms with van der Waals surface area (Å²) < 4.78 is 11.2. The summed E-state index contributed by atoms with van der Waals surface area (Å²) in [7, 11) is 0. The molecule has 0 spiro atoms. The van der Waals surface area contributed by atoms with Crippen LogP contribution in [-0.2, 0) is 14.3 Å². The highest BCUT2D eigenvalue weighted by Crippen LogP contribution is 2.23. The standard InChI is InChI=1S/C48H93NO9/c1-3-5-7-9-11-13-15-17-18-19-20-21-22-23-24-26-28-30-32-34-36-42(52)47(56)49-40(39-57-48-46(55)45(54)44(53)43(38-50)58-48)37-41(51)35-33-31-29-27-25-16-14-12-10-8-6-4-2/h27,29,40-46,48,50-55H,3-26,28,30-39H2,1-2H3,(H,49,56)/b29-27-/t40-,41-,42-,43-,44-,45+,46-,48-/m1/s1. The predicted molar refractivity (Wildman–Crippen MR) is 237 cm³/mol. The third-order valence-electron chi connectivity index (χ3n) is 11.9. The van der Waals surface area contributed by atoms with E-state index in [4.69, 9.17) is 9.47 Å². The van der Waals surface area contributed by atoms with E-state index in [0.29, 0.717) is 12.8 Å². The lowest BCUT2D eigenvalue weighted by Gasteiger charge is -2.40. The van der Waals surface area contributed by atoms with Crippen LogP contribution in [0.25, 0.3) is 0 Å². The number of carbonyl (C=O) groups is 1. The van der Waals surface area contributed by atoms with Crippen molar-refractivity contribution in [3.63, 3.8) is 0 Å². The quantitative estimate of drug-likeness (QED) is 0.0235. The van der Waals surface area contributed by atoms with E-state index in [1.54, 1.807) is 0 Å². The molecule has 0 radical (unpaired) electrons. The zero-order valence-electron chi connectivity index (χ0n) is 37.4. The molecule has 1 aliphatic rings. The number of nitrogens with one attached hydrogen (secondary N) is 1. The molecule has 10 nitrogen and oxygen atoms in total. The number of unbranched alkanes of at least 4 members (excludes halogenated alkanes) is 27. The minimum atomic E-state index is -1.58. The normalized spacial score (nSPS) is 21.4. The Morgan fingerprint density at radius 1 is 0.586 bits per heavy atom. The molecular weight excluding hydrogens is 735 g/mol. The smallest absolute Gasteiger partial charge is 0.249 e. The van der Waals surface area contributed by atoms with Crippen LogP contribution >= 0.6 is 0 Å². The molecule has 7 N–H and O–H groups in total. The van der Waals surface area contributed by atoms with Gasteiger partial charge in [0.15, 0.2) is 6.29 Å². The molecule has 0 aliphatic carbocycles. The maximum absolute atomic E-state index is 13.1. The van der Waals surface area contributed by atoms with Gasteiger partial charge in [-0.05, 0) is 44.9 Å². The first-order valence-corrected chi connectivity index (χ1v) is 24.5. The van der Waals surface area contributed by atoms with Gasteiger partial charge in [-0.2, -0.15) is 0 Å². The summed E-state index contributed by atoms with van der Waals surface area (Å²) in [5.74, 6) is -0.541. The van der Waals surface area contributed by atoms with E-state index in [2.05, 4.69) is 31.3 Å². The maximum Gasteiger partial charge on any atom is 0.249 e. The van der Waals surface area contributed by atoms with Crippen LogP contribution in [0.5, 0.6) is 0 Å². The Bertz CT molecular complexity index is 937. The highest BCUT2D eigenvalue weighted by atomic mass is 16.7. The maximum atomic E-state index is 13.1. The molecule has 58 heavy (non-hydrogen) atoms. The molecule has 10 heteroatoms. The molecule has 0 bridgehead atoms. The lowest BCUT2D eigenvalue weighted by Crippen LogP contribution is -2.59. The number of rotatable bonds is 41. The number of amides is 1. The predicted octanol–water partition coefficient (Wildman–Crippen LogP) is 9.48. The van der Waals surface area contributed by atoms with Gasteiger partial charge in [0.05, 0.1) is 25.4 Å². The fourth-order valence-corrected chi connectivity index (χ4v) is 7.98. The molecule has 0 aromatic heterocycles. The van der Waals surface area contributed by atoms with Crippen molar-refractivity contribution in [3.05, 3.63) is 12.2 Å². The second-order valence-corrected chi connectivity index (χ2v) is 17.5. The van der Waals surface area contributed by atoms with E-state index in [-0.39, 0.29) is 13.0 Å². The van der Waals surface area contributed by atoms with Crippen LogP contribution < -0.4 is 5.32 Å². The van der Waals surface area contributed by atoms with Gasteiger partial charge < -0.3 is 45.4 Å². The minimum absolute atomic E-state index is 0.164. The Morgan fingerprint density at radius 2 is 1.02 bits per heavy atom. The summed E-state index contributed by atoms with van der Waals surface area (Å²) in [5, 5.41) is 64.7. The van der Waals surface area contributed by atoms with Gasteiger partial charge in [-0.1, -0.05) is 193 Å². The van der Waals surface area contributed by atoms with Crippen LogP contribution in [0.4, 0.5) is 0 Å². The molecule has 0 aromatic carbocycles. The van der Waals surface area contributed by atoms with E-state index in [1.165, 1.54) is 154 Å². The number of hydrogen-bond acceptors (Lipinski definition) is 9. The Labute approximate surface area is 355 Å². The second-order valence-electron chi connectivity index (χ2n) is 17.5. The fraction of sp³-hybridized carbons (Fsp3) is 0.938. The molecule has 1 aliphatic heterocycles. The largest absolute Gasteiger partial charge is 0.394 e. The van der Waals surface area contributed by atoms with Crippen molar-refractivity contribution in [2.24, 2.45) is 0 Å². The third-order valence-corrected chi connectivity index (χ3v) is 11.9. The molecule has 0 aromatic rings. The van der Waals surface area contributed by atoms with Crippen LogP contribution in [0.2, 0.25) is 0 Å². The van der Waals surface area contributed by atoms with Crippen molar-refractivity contribution < 1.29 is 44.9 Å². The molecule has 344 valence electrons. The second kappa shape index (κ2) is 38.8. The van der Waals surface area contributed by atoms with Crippen LogP contribution in [0.15, 0.2) is 12.2 Å². The number of ether oxygens (including phenoxy) is 2. The van der Waals surface area contributed by atoms with Gasteiger partial charge >= 0.3 is 0 Å². The summed E-state index contributed by atoms with van der Waals surface area (Å²) >= 11 is 0. The summed E-state index contributed by atoms with van der Waals surface area (Å²) in [6, 6.07) is -0.702. The van der Waals surface area contributed by atoms with Crippen LogP contribution in [-0.4, -0.2) is 98.7 Å². The van der Waals surface area contributed by atoms with Crippen molar-refractivity contribution in [1.29, 1.82) is 0 Å². The van der Waals surface area contributed by atoms with E-state index < -0.39 is 61.5 Å². The first-order valence-electron chi connectivity index (χ1n) is 24.5. The van der Waals surface area contributed by atoms with Gasteiger partial charge in [0.25, 0.3) is 0 Å². The number of aliphatic hydroxyl groups excluding tert-OH is 6. The van der Waals surface area contributed by atoms with Gasteiger partial charge in [0.2, 0.25) is 5.91 Å². The molecule has 1 fully saturated rings. The molecule has 1 heterocycles. The van der Waals surface area contributed by atoms with E-state index in [0.717, 1.165) is 38.5 Å². The fourth-order valence-electron chi connectivity index (χ4n) is 7.98. The summed E-state index contributed by atoms with van der Waals surface area (Å²) in [6.07, 6.45) is 33.9. The topological polar surface area (TPSA) is 169 Å². The Kier molecular flexibility index (Phi) is 36.7. The molecule has 1 rings (SSSR count). The molecule has 1 amide bonds. The van der Waals surface area contributed by atoms with E-state index in [1.807, 2.05) is 0 Å². The van der Waals surface area contributed by atoms with Crippen molar-refractivity contribution in [3.8, 4) is 0 Å². The number of hydrogen-bond donors (Lipinski definition) is 7. The summed E-state index contributed by atoms with van der Waals surface area (Å²) in [4.78, 5) is 13.1. The van der Waals surface area contributed by atoms with Crippen molar-refractivity contribution in [1.82, 2.24) is 5.32 Å². The van der Waals surface area contributed by atoms with Crippen molar-refractivity contribution in [2.75, 3.05) is 13.2 Å². The Hall–Kier alpha value is -1.11. The van der Waals surface area contributed by atoms with Gasteiger partial charge in [-0.15, -0.1) is 0 Å². The summed E-state index contributed by atoms with van der Waals surface area (Å²) in [6.45, 7) is 3.76. The molecular formula is C48H93NO9. The SMILES string of the molecule is CCCCCCCCC/C=C\CCC[C@@H](O)C[C@H](CO[C@@H]1O[C@H](CO)[C@@H](O)[C@H](O)[C@H]1O)NC(=O)[C@H](O)CCCCCCCCCCCCCCCCCCCCCC. The lowest BCUT2D eigenvalue weighted by atomic mass is 9.99. The van der Waals surface area contributed by atoms with Gasteiger partial charge in [-0.25, -0.2) is 0 Å². The third kappa shape index (κ3) is 29.2. The van der Waals surface area contributed by atoms with E-state index >= 15 is 0 Å². The summed E-state index contributed by atoms with van der Waals surface area (Å²) in [5.41, 5.74) is 0. The lowest BCUT2D eigenvalue weighted by molar-refractivity contribution is -0.302. The molecule has 0 saturated carbocycles. The van der Waals surface area contributed by atoms with Crippen molar-refractivity contribution in [2.45, 2.75) is 275 Å². The van der Waals surface area contributed by atoms with Gasteiger partial charge in [0.1, 0.15) is 30.5 Å². The molecule has 8 atom stereocenters. The van der Waals surface area contributed by atoms with Crippen molar-refractivity contribution >= 4 is 5.91 Å². The average Bonchev–Trinajstić information content (AvgIpc) is 3.22. The highest BCUT2D eigenvalue weighted by molar-refractivity contribution is 5.80. The van der Waals surface area contributed by atoms with Crippen LogP contribution in [0.3, 0.4) is 0 Å². The highest BCUT2D eigenvalue weighted by Gasteiger charge is 2.44. The van der Waals surface area contributed by atoms with Crippen LogP contribution in [0.1, 0.15) is 226 Å². The van der Waals surface area contributed by atoms with Gasteiger partial charge in [-0.3, -0.25) is 4.79 Å². The zero-order valence-corrected chi connectivity index (χ0v) is 37.4. The zero-order chi connectivity index (χ0) is 42.5. The minimum Gasteiger partial charge on any atom is -0.394 e. The van der Waals surface area contributed by atoms with E-state index in [9.17, 15) is 35.4 Å². The van der Waals surface area contributed by atoms with Gasteiger partial charge in [0, 0.05) is 0 Å². The first kappa shape index (κ1) is 54.9. The van der Waals surface area contributed by atoms with Crippen LogP contribution in [0, 0.1) is 0 Å². The average molecular weight is 828 g/mol. The first-order chi connectivity index (χ1) is 28.2. The number of allylic oxidation sites excluding steroid dienone is 2. The number of aliphatic hydroxyl groups is 6. The monoisotopic (exact) mass is 828 g/mol. The Balaban J connectivity index is 2.32. The molecule has 0 unspecified atom stereocenters. The Morgan fingerprint density at radius 3 is 1.48 bits per heavy atom. The number of carbonyl (C=O) groups excluding carboxylic acids is 1.